The SMILES string of the molecule is CCOC(=O)c1ccc(NC(=O)CC2C(=O)N(c3cccc(OC)c3)C(=S)N2CCCN2CCN(Cc3ccccc3)CC2)cc1. The summed E-state index contributed by atoms with van der Waals surface area (Å²) in [6, 6.07) is 23.5. The topological polar surface area (TPSA) is 94.7 Å². The van der Waals surface area contributed by atoms with Crippen LogP contribution in [0, 0.1) is 0 Å². The van der Waals surface area contributed by atoms with Gasteiger partial charge in [-0.25, -0.2) is 4.79 Å². The van der Waals surface area contributed by atoms with Crippen molar-refractivity contribution in [2.75, 3.05) is 63.2 Å². The van der Waals surface area contributed by atoms with Crippen molar-refractivity contribution in [3.63, 3.8) is 0 Å². The lowest BCUT2D eigenvalue weighted by molar-refractivity contribution is -0.124. The van der Waals surface area contributed by atoms with Crippen LogP contribution in [0.3, 0.4) is 0 Å². The maximum Gasteiger partial charge on any atom is 0.338 e. The first kappa shape index (κ1) is 33.1. The molecule has 1 atom stereocenters. The zero-order chi connectivity index (χ0) is 32.5. The van der Waals surface area contributed by atoms with Gasteiger partial charge in [0.25, 0.3) is 5.91 Å². The molecule has 0 bridgehead atoms. The lowest BCUT2D eigenvalue weighted by atomic mass is 10.1. The van der Waals surface area contributed by atoms with Crippen molar-refractivity contribution in [2.24, 2.45) is 0 Å². The van der Waals surface area contributed by atoms with Gasteiger partial charge in [-0.05, 0) is 74.1 Å². The van der Waals surface area contributed by atoms with Gasteiger partial charge in [-0.1, -0.05) is 36.4 Å². The molecule has 0 saturated carbocycles. The normalized spacial score (nSPS) is 17.3. The number of piperazine rings is 1. The van der Waals surface area contributed by atoms with E-state index in [0.717, 1.165) is 45.7 Å². The lowest BCUT2D eigenvalue weighted by Gasteiger charge is -2.35. The molecule has 46 heavy (non-hydrogen) atoms. The molecule has 2 amide bonds. The van der Waals surface area contributed by atoms with Crippen LogP contribution in [0.15, 0.2) is 78.9 Å². The number of amides is 2. The molecule has 1 N–H and O–H groups in total. The predicted octanol–water partition coefficient (Wildman–Crippen LogP) is 4.41. The second-order valence-electron chi connectivity index (χ2n) is 11.4. The molecule has 3 aromatic carbocycles. The van der Waals surface area contributed by atoms with Crippen molar-refractivity contribution in [1.29, 1.82) is 0 Å². The molecule has 0 spiro atoms. The maximum absolute atomic E-state index is 13.9. The number of benzene rings is 3. The summed E-state index contributed by atoms with van der Waals surface area (Å²) >= 11 is 5.86. The minimum Gasteiger partial charge on any atom is -0.497 e. The Kier molecular flexibility index (Phi) is 11.4. The molecule has 2 heterocycles. The molecule has 2 fully saturated rings. The van der Waals surface area contributed by atoms with Gasteiger partial charge in [-0.2, -0.15) is 0 Å². The summed E-state index contributed by atoms with van der Waals surface area (Å²) in [7, 11) is 1.57. The van der Waals surface area contributed by atoms with Gasteiger partial charge in [0, 0.05) is 51.0 Å². The van der Waals surface area contributed by atoms with Crippen molar-refractivity contribution in [3.8, 4) is 5.75 Å². The van der Waals surface area contributed by atoms with Crippen LogP contribution in [-0.4, -0.2) is 96.6 Å². The van der Waals surface area contributed by atoms with Crippen molar-refractivity contribution < 1.29 is 23.9 Å². The van der Waals surface area contributed by atoms with Gasteiger partial charge < -0.3 is 24.6 Å². The average molecular weight is 644 g/mol. The monoisotopic (exact) mass is 643 g/mol. The van der Waals surface area contributed by atoms with Gasteiger partial charge >= 0.3 is 5.97 Å². The van der Waals surface area contributed by atoms with E-state index >= 15 is 0 Å². The molecule has 0 aliphatic carbocycles. The highest BCUT2D eigenvalue weighted by atomic mass is 32.1. The number of methoxy groups -OCH3 is 1. The molecule has 10 nitrogen and oxygen atoms in total. The molecule has 242 valence electrons. The molecule has 0 radical (unpaired) electrons. The summed E-state index contributed by atoms with van der Waals surface area (Å²) in [6.07, 6.45) is 0.725. The highest BCUT2D eigenvalue weighted by molar-refractivity contribution is 7.80. The fourth-order valence-electron chi connectivity index (χ4n) is 5.84. The lowest BCUT2D eigenvalue weighted by Crippen LogP contribution is -2.47. The Balaban J connectivity index is 1.21. The van der Waals surface area contributed by atoms with Gasteiger partial charge in [0.05, 0.1) is 31.4 Å². The van der Waals surface area contributed by atoms with Gasteiger partial charge in [0.2, 0.25) is 5.91 Å². The quantitative estimate of drug-likeness (QED) is 0.215. The first-order chi connectivity index (χ1) is 22.4. The van der Waals surface area contributed by atoms with Crippen molar-refractivity contribution in [2.45, 2.75) is 32.4 Å². The smallest absolute Gasteiger partial charge is 0.338 e. The van der Waals surface area contributed by atoms with E-state index < -0.39 is 12.0 Å². The van der Waals surface area contributed by atoms with E-state index in [9.17, 15) is 14.4 Å². The summed E-state index contributed by atoms with van der Waals surface area (Å²) in [5.41, 5.74) is 2.85. The Labute approximate surface area is 275 Å². The highest BCUT2D eigenvalue weighted by Gasteiger charge is 2.44. The van der Waals surface area contributed by atoms with Crippen LogP contribution < -0.4 is 15.0 Å². The molecular weight excluding hydrogens is 602 g/mol. The summed E-state index contributed by atoms with van der Waals surface area (Å²) < 4.78 is 10.4. The minimum absolute atomic E-state index is 0.0722. The van der Waals surface area contributed by atoms with E-state index in [1.165, 1.54) is 10.5 Å². The van der Waals surface area contributed by atoms with Crippen LogP contribution in [0.5, 0.6) is 5.75 Å². The van der Waals surface area contributed by atoms with Gasteiger partial charge in [-0.3, -0.25) is 19.4 Å². The molecule has 1 unspecified atom stereocenters. The van der Waals surface area contributed by atoms with Crippen LogP contribution in [-0.2, 0) is 20.9 Å². The first-order valence-corrected chi connectivity index (χ1v) is 16.1. The Hall–Kier alpha value is -4.32. The van der Waals surface area contributed by atoms with Crippen LogP contribution in [0.2, 0.25) is 0 Å². The number of carbonyl (C=O) groups excluding carboxylic acids is 3. The van der Waals surface area contributed by atoms with E-state index in [4.69, 9.17) is 21.7 Å². The molecule has 3 aromatic rings. The first-order valence-electron chi connectivity index (χ1n) is 15.7. The van der Waals surface area contributed by atoms with Gasteiger partial charge in [0.15, 0.2) is 5.11 Å². The number of hydrogen-bond donors (Lipinski definition) is 1. The second-order valence-corrected chi connectivity index (χ2v) is 11.7. The molecule has 0 aromatic heterocycles. The number of anilines is 2. The van der Waals surface area contributed by atoms with Crippen LogP contribution >= 0.6 is 12.2 Å². The van der Waals surface area contributed by atoms with Gasteiger partial charge in [0.1, 0.15) is 11.8 Å². The number of ether oxygens (including phenoxy) is 2. The molecule has 2 aliphatic rings. The van der Waals surface area contributed by atoms with Crippen LogP contribution in [0.25, 0.3) is 0 Å². The third kappa shape index (κ3) is 8.28. The largest absolute Gasteiger partial charge is 0.497 e. The number of nitrogens with zero attached hydrogens (tertiary/aromatic N) is 4. The fourth-order valence-corrected chi connectivity index (χ4v) is 6.26. The maximum atomic E-state index is 13.9. The Morgan fingerprint density at radius 1 is 0.913 bits per heavy atom. The standard InChI is InChI=1S/C35H41N5O5S/c1-3-45-34(43)27-13-15-28(16-14-27)36-32(41)24-31-33(42)40(29-11-7-12-30(23-29)44-2)35(46)39(31)18-8-17-37-19-21-38(22-20-37)25-26-9-5-4-6-10-26/h4-7,9-16,23,31H,3,8,17-22,24-25H2,1-2H3,(H,36,41). The van der Waals surface area contributed by atoms with Crippen LogP contribution in [0.1, 0.15) is 35.7 Å². The zero-order valence-corrected chi connectivity index (χ0v) is 27.2. The zero-order valence-electron chi connectivity index (χ0n) is 26.4. The van der Waals surface area contributed by atoms with E-state index in [0.29, 0.717) is 34.3 Å². The minimum atomic E-state index is -0.750. The fraction of sp³-hybridized carbons (Fsp3) is 0.371. The number of rotatable bonds is 13. The van der Waals surface area contributed by atoms with Crippen molar-refractivity contribution in [1.82, 2.24) is 14.7 Å². The third-order valence-electron chi connectivity index (χ3n) is 8.28. The van der Waals surface area contributed by atoms with E-state index in [1.54, 1.807) is 44.4 Å². The average Bonchev–Trinajstić information content (AvgIpc) is 3.30. The molecule has 5 rings (SSSR count). The Bertz CT molecular complexity index is 1510. The Morgan fingerprint density at radius 3 is 2.33 bits per heavy atom. The predicted molar refractivity (Wildman–Crippen MR) is 182 cm³/mol. The number of esters is 1. The van der Waals surface area contributed by atoms with Gasteiger partial charge in [-0.15, -0.1) is 0 Å². The highest BCUT2D eigenvalue weighted by Crippen LogP contribution is 2.30. The molecular formula is C35H41N5O5S. The van der Waals surface area contributed by atoms with Crippen LogP contribution in [0.4, 0.5) is 11.4 Å². The molecule has 2 aliphatic heterocycles. The summed E-state index contributed by atoms with van der Waals surface area (Å²) in [5, 5.41) is 3.24. The van der Waals surface area contributed by atoms with Crippen molar-refractivity contribution in [3.05, 3.63) is 90.0 Å². The number of hydrogen-bond acceptors (Lipinski definition) is 8. The number of carbonyl (C=O) groups is 3. The number of thiocarbonyl (C=S) groups is 1. The summed E-state index contributed by atoms with van der Waals surface area (Å²) in [5.74, 6) is -0.385. The van der Waals surface area contributed by atoms with E-state index in [2.05, 4.69) is 39.4 Å². The Morgan fingerprint density at radius 2 is 1.63 bits per heavy atom. The third-order valence-corrected chi connectivity index (χ3v) is 8.69. The second kappa shape index (κ2) is 15.8. The molecule has 2 saturated heterocycles. The summed E-state index contributed by atoms with van der Waals surface area (Å²) in [6.45, 7) is 8.36. The number of nitrogens with one attached hydrogen (secondary N) is 1. The van der Waals surface area contributed by atoms with E-state index in [1.807, 2.05) is 29.2 Å². The summed E-state index contributed by atoms with van der Waals surface area (Å²) in [4.78, 5) is 47.4. The van der Waals surface area contributed by atoms with Crippen molar-refractivity contribution >= 4 is 46.5 Å². The van der Waals surface area contributed by atoms with E-state index in [-0.39, 0.29) is 24.8 Å². The molecule has 11 heteroatoms.